The van der Waals surface area contributed by atoms with E-state index in [-0.39, 0.29) is 5.82 Å². The van der Waals surface area contributed by atoms with E-state index in [2.05, 4.69) is 21.2 Å². The van der Waals surface area contributed by atoms with E-state index in [9.17, 15) is 4.39 Å². The number of piperidine rings is 1. The van der Waals surface area contributed by atoms with Crippen molar-refractivity contribution < 1.29 is 4.39 Å². The lowest BCUT2D eigenvalue weighted by molar-refractivity contribution is 0.221. The van der Waals surface area contributed by atoms with Crippen LogP contribution >= 0.6 is 11.3 Å². The summed E-state index contributed by atoms with van der Waals surface area (Å²) in [6, 6.07) is 9.48. The van der Waals surface area contributed by atoms with Crippen molar-refractivity contribution in [1.82, 2.24) is 9.80 Å². The highest BCUT2D eigenvalue weighted by Crippen LogP contribution is 2.29. The molecule has 4 heteroatoms. The Morgan fingerprint density at radius 2 is 1.76 bits per heavy atom. The van der Waals surface area contributed by atoms with Gasteiger partial charge in [-0.3, -0.25) is 9.80 Å². The number of thiophene rings is 1. The maximum absolute atomic E-state index is 13.1. The molecule has 1 aromatic carbocycles. The number of nitrogens with zero attached hydrogens (tertiary/aromatic N) is 2. The van der Waals surface area contributed by atoms with Gasteiger partial charge >= 0.3 is 0 Å². The van der Waals surface area contributed by atoms with Gasteiger partial charge in [0.1, 0.15) is 5.82 Å². The van der Waals surface area contributed by atoms with Crippen molar-refractivity contribution in [2.45, 2.75) is 44.7 Å². The molecule has 0 saturated carbocycles. The standard InChI is InChI=1S/C21H27FN2S/c22-20-6-4-18(5-7-20)19-8-11-24(14-19)15-21-12-17(16-25-21)13-23-9-2-1-3-10-23/h4-7,12,16,19H,1-3,8-11,13-15H2/t19-/m0/s1. The van der Waals surface area contributed by atoms with Gasteiger partial charge in [0.05, 0.1) is 0 Å². The Hall–Kier alpha value is -1.23. The van der Waals surface area contributed by atoms with Crippen molar-refractivity contribution in [3.05, 3.63) is 57.5 Å². The minimum atomic E-state index is -0.140. The summed E-state index contributed by atoms with van der Waals surface area (Å²) in [5, 5.41) is 2.34. The first-order valence-electron chi connectivity index (χ1n) is 9.53. The molecule has 25 heavy (non-hydrogen) atoms. The minimum Gasteiger partial charge on any atom is -0.299 e. The van der Waals surface area contributed by atoms with E-state index in [1.54, 1.807) is 12.1 Å². The number of halogens is 1. The predicted octanol–water partition coefficient (Wildman–Crippen LogP) is 4.86. The van der Waals surface area contributed by atoms with Gasteiger partial charge in [-0.25, -0.2) is 4.39 Å². The first-order chi connectivity index (χ1) is 12.3. The van der Waals surface area contributed by atoms with Gasteiger partial charge < -0.3 is 0 Å². The summed E-state index contributed by atoms with van der Waals surface area (Å²) < 4.78 is 13.1. The first kappa shape index (κ1) is 17.2. The normalized spacial score (nSPS) is 22.5. The van der Waals surface area contributed by atoms with Gasteiger partial charge in [-0.05, 0) is 79.5 Å². The molecule has 0 bridgehead atoms. The molecule has 2 saturated heterocycles. The fraction of sp³-hybridized carbons (Fsp3) is 0.524. The molecule has 0 unspecified atom stereocenters. The van der Waals surface area contributed by atoms with Gasteiger partial charge in [-0.1, -0.05) is 18.6 Å². The molecular weight excluding hydrogens is 331 g/mol. The summed E-state index contributed by atoms with van der Waals surface area (Å²) in [5.41, 5.74) is 2.76. The molecule has 0 amide bonds. The summed E-state index contributed by atoms with van der Waals surface area (Å²) in [6.07, 6.45) is 5.29. The van der Waals surface area contributed by atoms with Crippen LogP contribution in [-0.4, -0.2) is 36.0 Å². The Balaban J connectivity index is 1.30. The van der Waals surface area contributed by atoms with E-state index >= 15 is 0 Å². The summed E-state index contributed by atoms with van der Waals surface area (Å²) in [4.78, 5) is 6.62. The molecule has 2 fully saturated rings. The van der Waals surface area contributed by atoms with Crippen LogP contribution in [0.2, 0.25) is 0 Å². The SMILES string of the molecule is Fc1ccc([C@H]2CCN(Cc3cc(CN4CCCCC4)cs3)C2)cc1. The lowest BCUT2D eigenvalue weighted by Gasteiger charge is -2.25. The average molecular weight is 359 g/mol. The van der Waals surface area contributed by atoms with Crippen molar-refractivity contribution in [3.63, 3.8) is 0 Å². The number of hydrogen-bond acceptors (Lipinski definition) is 3. The second-order valence-electron chi connectivity index (χ2n) is 7.53. The number of hydrogen-bond donors (Lipinski definition) is 0. The number of benzene rings is 1. The summed E-state index contributed by atoms with van der Waals surface area (Å²) in [6.45, 7) is 6.93. The Morgan fingerprint density at radius 1 is 0.960 bits per heavy atom. The van der Waals surface area contributed by atoms with Crippen molar-refractivity contribution >= 4 is 11.3 Å². The van der Waals surface area contributed by atoms with Gasteiger partial charge in [0.2, 0.25) is 0 Å². The average Bonchev–Trinajstić information content (AvgIpc) is 3.27. The molecule has 1 atom stereocenters. The Bertz CT molecular complexity index is 675. The smallest absolute Gasteiger partial charge is 0.123 e. The fourth-order valence-electron chi connectivity index (χ4n) is 4.17. The van der Waals surface area contributed by atoms with Crippen molar-refractivity contribution in [1.29, 1.82) is 0 Å². The third kappa shape index (κ3) is 4.49. The molecule has 0 N–H and O–H groups in total. The van der Waals surface area contributed by atoms with Crippen LogP contribution in [0.15, 0.2) is 35.7 Å². The van der Waals surface area contributed by atoms with E-state index < -0.39 is 0 Å². The van der Waals surface area contributed by atoms with E-state index in [0.717, 1.165) is 26.2 Å². The van der Waals surface area contributed by atoms with Gasteiger partial charge in [-0.2, -0.15) is 0 Å². The predicted molar refractivity (Wildman–Crippen MR) is 102 cm³/mol. The van der Waals surface area contributed by atoms with E-state index in [1.807, 2.05) is 23.5 Å². The molecule has 0 aliphatic carbocycles. The lowest BCUT2D eigenvalue weighted by atomic mass is 9.99. The zero-order valence-corrected chi connectivity index (χ0v) is 15.6. The highest BCUT2D eigenvalue weighted by Gasteiger charge is 2.24. The molecule has 2 aromatic rings. The Morgan fingerprint density at radius 3 is 2.56 bits per heavy atom. The van der Waals surface area contributed by atoms with Crippen LogP contribution in [0.5, 0.6) is 0 Å². The van der Waals surface area contributed by atoms with Gasteiger partial charge in [0.25, 0.3) is 0 Å². The highest BCUT2D eigenvalue weighted by atomic mass is 32.1. The zero-order valence-electron chi connectivity index (χ0n) is 14.8. The Kier molecular flexibility index (Phi) is 5.49. The lowest BCUT2D eigenvalue weighted by Crippen LogP contribution is -2.28. The van der Waals surface area contributed by atoms with Gasteiger partial charge in [-0.15, -0.1) is 11.3 Å². The Labute approximate surface area is 154 Å². The minimum absolute atomic E-state index is 0.140. The molecule has 1 aromatic heterocycles. The molecule has 2 aliphatic rings. The van der Waals surface area contributed by atoms with Crippen LogP contribution in [0.4, 0.5) is 4.39 Å². The monoisotopic (exact) mass is 358 g/mol. The number of likely N-dealkylation sites (tertiary alicyclic amines) is 2. The third-order valence-corrected chi connectivity index (χ3v) is 6.53. The van der Waals surface area contributed by atoms with E-state index in [1.165, 1.54) is 54.8 Å². The molecular formula is C21H27FN2S. The van der Waals surface area contributed by atoms with Crippen LogP contribution in [-0.2, 0) is 13.1 Å². The molecule has 0 radical (unpaired) electrons. The summed E-state index contributed by atoms with van der Waals surface area (Å²) in [5.74, 6) is 0.409. The highest BCUT2D eigenvalue weighted by molar-refractivity contribution is 7.10. The summed E-state index contributed by atoms with van der Waals surface area (Å²) >= 11 is 1.91. The first-order valence-corrected chi connectivity index (χ1v) is 10.4. The van der Waals surface area contributed by atoms with Crippen molar-refractivity contribution in [3.8, 4) is 0 Å². The molecule has 0 spiro atoms. The second-order valence-corrected chi connectivity index (χ2v) is 8.53. The maximum atomic E-state index is 13.1. The van der Waals surface area contributed by atoms with Crippen LogP contribution in [0.25, 0.3) is 0 Å². The van der Waals surface area contributed by atoms with Crippen LogP contribution in [0.3, 0.4) is 0 Å². The molecule has 2 aliphatic heterocycles. The quantitative estimate of drug-likeness (QED) is 0.753. The molecule has 3 heterocycles. The van der Waals surface area contributed by atoms with E-state index in [0.29, 0.717) is 5.92 Å². The largest absolute Gasteiger partial charge is 0.299 e. The van der Waals surface area contributed by atoms with Gasteiger partial charge in [0, 0.05) is 24.5 Å². The number of rotatable bonds is 5. The zero-order chi connectivity index (χ0) is 17.1. The summed E-state index contributed by atoms with van der Waals surface area (Å²) in [7, 11) is 0. The fourth-order valence-corrected chi connectivity index (χ4v) is 5.09. The van der Waals surface area contributed by atoms with Gasteiger partial charge in [0.15, 0.2) is 0 Å². The second kappa shape index (κ2) is 7.98. The van der Waals surface area contributed by atoms with Crippen LogP contribution in [0, 0.1) is 5.82 Å². The molecule has 2 nitrogen and oxygen atoms in total. The van der Waals surface area contributed by atoms with Crippen molar-refractivity contribution in [2.24, 2.45) is 0 Å². The molecule has 4 rings (SSSR count). The van der Waals surface area contributed by atoms with E-state index in [4.69, 9.17) is 0 Å². The van der Waals surface area contributed by atoms with Crippen LogP contribution < -0.4 is 0 Å². The van der Waals surface area contributed by atoms with Crippen LogP contribution in [0.1, 0.15) is 47.6 Å². The third-order valence-electron chi connectivity index (χ3n) is 5.56. The maximum Gasteiger partial charge on any atom is 0.123 e. The van der Waals surface area contributed by atoms with Crippen molar-refractivity contribution in [2.75, 3.05) is 26.2 Å². The molecule has 134 valence electrons. The topological polar surface area (TPSA) is 6.48 Å².